The van der Waals surface area contributed by atoms with Gasteiger partial charge in [-0.15, -0.1) is 0 Å². The molecule has 1 aliphatic rings. The van der Waals surface area contributed by atoms with Crippen LogP contribution in [0.2, 0.25) is 0 Å². The van der Waals surface area contributed by atoms with E-state index in [1.54, 1.807) is 30.6 Å². The quantitative estimate of drug-likeness (QED) is 0.814. The Morgan fingerprint density at radius 2 is 1.96 bits per heavy atom. The second-order valence-electron chi connectivity index (χ2n) is 6.02. The molecule has 0 spiro atoms. The van der Waals surface area contributed by atoms with Crippen LogP contribution in [0.4, 0.5) is 0 Å². The van der Waals surface area contributed by atoms with Crippen molar-refractivity contribution in [2.24, 2.45) is 0 Å². The van der Waals surface area contributed by atoms with Crippen molar-refractivity contribution in [3.63, 3.8) is 0 Å². The van der Waals surface area contributed by atoms with Crippen molar-refractivity contribution in [3.05, 3.63) is 65.0 Å². The summed E-state index contributed by atoms with van der Waals surface area (Å²) in [5.74, 6) is -0.841. The number of benzene rings is 1. The predicted octanol–water partition coefficient (Wildman–Crippen LogP) is 1.74. The Labute approximate surface area is 145 Å². The number of fused-ring (bicyclic) bond motifs is 1. The number of rotatable bonds is 6. The van der Waals surface area contributed by atoms with Crippen LogP contribution in [-0.2, 0) is 11.2 Å². The molecule has 6 nitrogen and oxygen atoms in total. The molecule has 0 bridgehead atoms. The van der Waals surface area contributed by atoms with Gasteiger partial charge in [0.15, 0.2) is 0 Å². The van der Waals surface area contributed by atoms with Crippen molar-refractivity contribution >= 4 is 17.7 Å². The molecule has 0 saturated heterocycles. The molecule has 0 atom stereocenters. The van der Waals surface area contributed by atoms with E-state index in [0.717, 1.165) is 16.0 Å². The van der Waals surface area contributed by atoms with Gasteiger partial charge in [0, 0.05) is 31.9 Å². The van der Waals surface area contributed by atoms with Gasteiger partial charge in [-0.05, 0) is 37.1 Å². The van der Waals surface area contributed by atoms with E-state index < -0.39 is 0 Å². The Kier molecular flexibility index (Phi) is 4.88. The fourth-order valence-corrected chi connectivity index (χ4v) is 2.80. The van der Waals surface area contributed by atoms with Crippen LogP contribution in [-0.4, -0.2) is 40.7 Å². The van der Waals surface area contributed by atoms with Gasteiger partial charge >= 0.3 is 0 Å². The first-order valence-corrected chi connectivity index (χ1v) is 8.18. The van der Waals surface area contributed by atoms with Gasteiger partial charge in [0.25, 0.3) is 11.8 Å². The second-order valence-corrected chi connectivity index (χ2v) is 6.02. The predicted molar refractivity (Wildman–Crippen MR) is 92.1 cm³/mol. The molecule has 1 N–H and O–H groups in total. The molecule has 0 radical (unpaired) electrons. The van der Waals surface area contributed by atoms with E-state index in [-0.39, 0.29) is 30.7 Å². The Morgan fingerprint density at radius 3 is 2.72 bits per heavy atom. The van der Waals surface area contributed by atoms with E-state index in [0.29, 0.717) is 24.1 Å². The number of pyridine rings is 1. The Balaban J connectivity index is 1.49. The van der Waals surface area contributed by atoms with Gasteiger partial charge < -0.3 is 5.32 Å². The highest BCUT2D eigenvalue weighted by Gasteiger charge is 2.35. The fourth-order valence-electron chi connectivity index (χ4n) is 2.80. The lowest BCUT2D eigenvalue weighted by Crippen LogP contribution is -2.35. The van der Waals surface area contributed by atoms with Crippen molar-refractivity contribution in [1.29, 1.82) is 0 Å². The fraction of sp³-hybridized carbons (Fsp3) is 0.263. The number of nitrogens with one attached hydrogen (secondary N) is 1. The zero-order valence-corrected chi connectivity index (χ0v) is 14.0. The van der Waals surface area contributed by atoms with Gasteiger partial charge in [-0.2, -0.15) is 0 Å². The Hall–Kier alpha value is -3.02. The van der Waals surface area contributed by atoms with Crippen LogP contribution in [0.15, 0.2) is 42.7 Å². The number of aryl methyl sites for hydroxylation is 1. The number of nitrogens with zero attached hydrogens (tertiary/aromatic N) is 2. The van der Waals surface area contributed by atoms with Crippen LogP contribution < -0.4 is 5.32 Å². The summed E-state index contributed by atoms with van der Waals surface area (Å²) in [6.45, 7) is 2.45. The molecule has 0 saturated carbocycles. The molecule has 1 aliphatic heterocycles. The molecular formula is C19H19N3O3. The van der Waals surface area contributed by atoms with Gasteiger partial charge in [0.1, 0.15) is 0 Å². The molecule has 2 aromatic rings. The average molecular weight is 337 g/mol. The summed E-state index contributed by atoms with van der Waals surface area (Å²) < 4.78 is 0. The van der Waals surface area contributed by atoms with Crippen molar-refractivity contribution in [2.45, 2.75) is 19.8 Å². The summed E-state index contributed by atoms with van der Waals surface area (Å²) in [5, 5.41) is 2.80. The van der Waals surface area contributed by atoms with Crippen LogP contribution in [0.25, 0.3) is 0 Å². The van der Waals surface area contributed by atoms with Gasteiger partial charge in [0.2, 0.25) is 5.91 Å². The standard InChI is InChI=1S/C19H19N3O3/c1-13-4-5-15-16(11-13)19(25)22(18(15)24)10-7-17(23)21-9-6-14-3-2-8-20-12-14/h2-5,8,11-12H,6-7,9-10H2,1H3,(H,21,23). The monoisotopic (exact) mass is 337 g/mol. The van der Waals surface area contributed by atoms with E-state index in [1.165, 1.54) is 0 Å². The number of carbonyl (C=O) groups excluding carboxylic acids is 3. The van der Waals surface area contributed by atoms with Crippen LogP contribution >= 0.6 is 0 Å². The molecule has 0 fully saturated rings. The lowest BCUT2D eigenvalue weighted by molar-refractivity contribution is -0.121. The van der Waals surface area contributed by atoms with E-state index >= 15 is 0 Å². The van der Waals surface area contributed by atoms with Crippen LogP contribution in [0, 0.1) is 6.92 Å². The Morgan fingerprint density at radius 1 is 1.16 bits per heavy atom. The van der Waals surface area contributed by atoms with Gasteiger partial charge in [-0.25, -0.2) is 0 Å². The zero-order valence-electron chi connectivity index (χ0n) is 14.0. The topological polar surface area (TPSA) is 79.4 Å². The summed E-state index contributed by atoms with van der Waals surface area (Å²) in [6, 6.07) is 8.97. The maximum absolute atomic E-state index is 12.3. The molecule has 0 aliphatic carbocycles. The Bertz CT molecular complexity index is 818. The minimum absolute atomic E-state index is 0.0874. The molecule has 3 rings (SSSR count). The van der Waals surface area contributed by atoms with E-state index in [4.69, 9.17) is 0 Å². The lowest BCUT2D eigenvalue weighted by Gasteiger charge is -2.13. The number of carbonyl (C=O) groups is 3. The molecule has 128 valence electrons. The molecule has 2 heterocycles. The number of amides is 3. The number of imide groups is 1. The zero-order chi connectivity index (χ0) is 17.8. The third-order valence-electron chi connectivity index (χ3n) is 4.15. The third-order valence-corrected chi connectivity index (χ3v) is 4.15. The largest absolute Gasteiger partial charge is 0.356 e. The third kappa shape index (κ3) is 3.74. The highest BCUT2D eigenvalue weighted by atomic mass is 16.2. The summed E-state index contributed by atoms with van der Waals surface area (Å²) in [5.41, 5.74) is 2.79. The summed E-state index contributed by atoms with van der Waals surface area (Å²) in [7, 11) is 0. The van der Waals surface area contributed by atoms with Crippen molar-refractivity contribution < 1.29 is 14.4 Å². The van der Waals surface area contributed by atoms with E-state index in [2.05, 4.69) is 10.3 Å². The summed E-state index contributed by atoms with van der Waals surface area (Å²) >= 11 is 0. The SMILES string of the molecule is Cc1ccc2c(c1)C(=O)N(CCC(=O)NCCc1cccnc1)C2=O. The van der Waals surface area contributed by atoms with Crippen LogP contribution in [0.5, 0.6) is 0 Å². The first-order valence-electron chi connectivity index (χ1n) is 8.18. The summed E-state index contributed by atoms with van der Waals surface area (Å²) in [4.78, 5) is 41.8. The lowest BCUT2D eigenvalue weighted by atomic mass is 10.1. The first kappa shape index (κ1) is 16.8. The molecule has 3 amide bonds. The molecule has 1 aromatic heterocycles. The van der Waals surface area contributed by atoms with Crippen molar-refractivity contribution in [1.82, 2.24) is 15.2 Å². The minimum Gasteiger partial charge on any atom is -0.356 e. The summed E-state index contributed by atoms with van der Waals surface area (Å²) in [6.07, 6.45) is 4.24. The highest BCUT2D eigenvalue weighted by Crippen LogP contribution is 2.23. The molecule has 6 heteroatoms. The molecule has 0 unspecified atom stereocenters. The maximum atomic E-state index is 12.3. The minimum atomic E-state index is -0.330. The van der Waals surface area contributed by atoms with Crippen LogP contribution in [0.1, 0.15) is 38.3 Å². The molecule has 1 aromatic carbocycles. The number of aromatic nitrogens is 1. The normalized spacial score (nSPS) is 13.1. The van der Waals surface area contributed by atoms with Gasteiger partial charge in [-0.1, -0.05) is 17.7 Å². The number of hydrogen-bond acceptors (Lipinski definition) is 4. The van der Waals surface area contributed by atoms with Crippen molar-refractivity contribution in [3.8, 4) is 0 Å². The van der Waals surface area contributed by atoms with Crippen LogP contribution in [0.3, 0.4) is 0 Å². The van der Waals surface area contributed by atoms with E-state index in [9.17, 15) is 14.4 Å². The average Bonchev–Trinajstić information content (AvgIpc) is 2.84. The van der Waals surface area contributed by atoms with Crippen molar-refractivity contribution in [2.75, 3.05) is 13.1 Å². The van der Waals surface area contributed by atoms with E-state index in [1.807, 2.05) is 19.1 Å². The highest BCUT2D eigenvalue weighted by molar-refractivity contribution is 6.21. The smallest absolute Gasteiger partial charge is 0.261 e. The van der Waals surface area contributed by atoms with Gasteiger partial charge in [-0.3, -0.25) is 24.3 Å². The number of hydrogen-bond donors (Lipinski definition) is 1. The second kappa shape index (κ2) is 7.25. The maximum Gasteiger partial charge on any atom is 0.261 e. The van der Waals surface area contributed by atoms with Gasteiger partial charge in [0.05, 0.1) is 11.1 Å². The molecular weight excluding hydrogens is 318 g/mol. The molecule has 25 heavy (non-hydrogen) atoms. The first-order chi connectivity index (χ1) is 12.1.